The van der Waals surface area contributed by atoms with E-state index in [0.717, 1.165) is 6.08 Å². The van der Waals surface area contributed by atoms with Crippen molar-refractivity contribution in [2.75, 3.05) is 0 Å². The Balaban J connectivity index is 1.67. The summed E-state index contributed by atoms with van der Waals surface area (Å²) in [5.41, 5.74) is 0.469. The van der Waals surface area contributed by atoms with Crippen molar-refractivity contribution in [2.45, 2.75) is 13.0 Å². The van der Waals surface area contributed by atoms with Gasteiger partial charge >= 0.3 is 5.97 Å². The number of carbonyl (C=O) groups excluding carboxylic acids is 1. The Morgan fingerprint density at radius 3 is 2.66 bits per heavy atom. The molecule has 0 saturated carbocycles. The van der Waals surface area contributed by atoms with Gasteiger partial charge in [-0.2, -0.15) is 0 Å². The summed E-state index contributed by atoms with van der Waals surface area (Å²) in [6.45, 7) is 1.52. The number of ether oxygens (including phenoxy) is 1. The van der Waals surface area contributed by atoms with E-state index in [2.05, 4.69) is 10.2 Å². The van der Waals surface area contributed by atoms with Crippen LogP contribution < -0.4 is 0 Å². The maximum Gasteiger partial charge on any atom is 0.331 e. The Labute approximate surface area is 168 Å². The van der Waals surface area contributed by atoms with Gasteiger partial charge in [0.1, 0.15) is 5.82 Å². The molecular formula is C19H13ClFN3O5. The number of aromatic nitrogens is 2. The lowest BCUT2D eigenvalue weighted by atomic mass is 10.2. The van der Waals surface area contributed by atoms with Gasteiger partial charge in [-0.15, -0.1) is 10.2 Å². The molecule has 3 aromatic rings. The molecule has 0 radical (unpaired) electrons. The highest BCUT2D eigenvalue weighted by molar-refractivity contribution is 6.32. The standard InChI is InChI=1S/C19H13ClFN3O5/c1-11(28-17(25)10-9-14-15(20)3-2-4-16(14)21)18-22-23-19(29-18)12-5-7-13(8-6-12)24(26)27/h2-11H,1H3. The number of benzene rings is 2. The Hall–Kier alpha value is -3.59. The lowest BCUT2D eigenvalue weighted by molar-refractivity contribution is -0.384. The van der Waals surface area contributed by atoms with E-state index in [1.165, 1.54) is 55.5 Å². The SMILES string of the molecule is CC(OC(=O)C=Cc1c(F)cccc1Cl)c1nnc(-c2ccc([N+](=O)[O-])cc2)o1. The second kappa shape index (κ2) is 8.61. The summed E-state index contributed by atoms with van der Waals surface area (Å²) in [6, 6.07) is 9.71. The first-order valence-electron chi connectivity index (χ1n) is 8.26. The molecule has 10 heteroatoms. The molecule has 0 spiro atoms. The minimum atomic E-state index is -0.873. The number of non-ortho nitro benzene ring substituents is 1. The van der Waals surface area contributed by atoms with Crippen molar-refractivity contribution in [3.05, 3.63) is 80.9 Å². The second-order valence-electron chi connectivity index (χ2n) is 5.80. The fourth-order valence-corrected chi connectivity index (χ4v) is 2.55. The van der Waals surface area contributed by atoms with Gasteiger partial charge in [-0.25, -0.2) is 9.18 Å². The van der Waals surface area contributed by atoms with Crippen LogP contribution in [0.3, 0.4) is 0 Å². The van der Waals surface area contributed by atoms with Crippen LogP contribution in [0.4, 0.5) is 10.1 Å². The molecule has 1 unspecified atom stereocenters. The molecule has 1 aromatic heterocycles. The molecule has 3 rings (SSSR count). The summed E-state index contributed by atoms with van der Waals surface area (Å²) in [7, 11) is 0. The van der Waals surface area contributed by atoms with Gasteiger partial charge in [-0.1, -0.05) is 17.7 Å². The molecule has 29 heavy (non-hydrogen) atoms. The third kappa shape index (κ3) is 4.82. The first-order chi connectivity index (χ1) is 13.8. The zero-order valence-corrected chi connectivity index (χ0v) is 15.7. The number of hydrogen-bond acceptors (Lipinski definition) is 7. The highest BCUT2D eigenvalue weighted by Crippen LogP contribution is 2.25. The molecule has 8 nitrogen and oxygen atoms in total. The number of rotatable bonds is 6. The van der Waals surface area contributed by atoms with Crippen molar-refractivity contribution >= 4 is 29.3 Å². The normalized spacial score (nSPS) is 12.1. The lowest BCUT2D eigenvalue weighted by Gasteiger charge is -2.07. The van der Waals surface area contributed by atoms with E-state index < -0.39 is 22.8 Å². The zero-order chi connectivity index (χ0) is 21.0. The van der Waals surface area contributed by atoms with Gasteiger partial charge in [-0.3, -0.25) is 10.1 Å². The maximum absolute atomic E-state index is 13.7. The molecule has 0 saturated heterocycles. The highest BCUT2D eigenvalue weighted by Gasteiger charge is 2.18. The lowest BCUT2D eigenvalue weighted by Crippen LogP contribution is -2.06. The number of carbonyl (C=O) groups is 1. The van der Waals surface area contributed by atoms with Gasteiger partial charge < -0.3 is 9.15 Å². The monoisotopic (exact) mass is 417 g/mol. The largest absolute Gasteiger partial charge is 0.449 e. The second-order valence-corrected chi connectivity index (χ2v) is 6.20. The molecule has 148 valence electrons. The van der Waals surface area contributed by atoms with Crippen molar-refractivity contribution < 1.29 is 23.3 Å². The Morgan fingerprint density at radius 1 is 1.28 bits per heavy atom. The van der Waals surface area contributed by atoms with Crippen LogP contribution in [-0.2, 0) is 9.53 Å². The number of halogens is 2. The summed E-state index contributed by atoms with van der Waals surface area (Å²) >= 11 is 5.89. The summed E-state index contributed by atoms with van der Waals surface area (Å²) in [5, 5.41) is 18.5. The summed E-state index contributed by atoms with van der Waals surface area (Å²) in [5.74, 6) is -1.18. The number of hydrogen-bond donors (Lipinski definition) is 0. The maximum atomic E-state index is 13.7. The van der Waals surface area contributed by atoms with Crippen LogP contribution in [0, 0.1) is 15.9 Å². The molecular weight excluding hydrogens is 405 g/mol. The van der Waals surface area contributed by atoms with Crippen LogP contribution in [0.2, 0.25) is 5.02 Å². The molecule has 2 aromatic carbocycles. The average Bonchev–Trinajstić information content (AvgIpc) is 3.18. The first kappa shape index (κ1) is 20.2. The molecule has 0 fully saturated rings. The van der Waals surface area contributed by atoms with Crippen LogP contribution in [0.1, 0.15) is 24.5 Å². The van der Waals surface area contributed by atoms with Gasteiger partial charge in [0.15, 0.2) is 6.10 Å². The Bertz CT molecular complexity index is 1060. The first-order valence-corrected chi connectivity index (χ1v) is 8.64. The fourth-order valence-electron chi connectivity index (χ4n) is 2.33. The Morgan fingerprint density at radius 2 is 2.00 bits per heavy atom. The molecule has 0 aliphatic carbocycles. The smallest absolute Gasteiger partial charge is 0.331 e. The number of nitro groups is 1. The van der Waals surface area contributed by atoms with Crippen molar-refractivity contribution in [3.8, 4) is 11.5 Å². The molecule has 1 atom stereocenters. The molecule has 1 heterocycles. The molecule has 0 aliphatic rings. The number of nitrogens with zero attached hydrogens (tertiary/aromatic N) is 3. The van der Waals surface area contributed by atoms with Gasteiger partial charge in [0.25, 0.3) is 11.6 Å². The van der Waals surface area contributed by atoms with E-state index in [1.54, 1.807) is 0 Å². The summed E-state index contributed by atoms with van der Waals surface area (Å²) < 4.78 is 24.3. The van der Waals surface area contributed by atoms with E-state index in [4.69, 9.17) is 20.8 Å². The van der Waals surface area contributed by atoms with E-state index in [1.807, 2.05) is 0 Å². The van der Waals surface area contributed by atoms with E-state index >= 15 is 0 Å². The third-order valence-electron chi connectivity index (χ3n) is 3.79. The van der Waals surface area contributed by atoms with Crippen molar-refractivity contribution in [1.29, 1.82) is 0 Å². The van der Waals surface area contributed by atoms with Crippen LogP contribution in [-0.4, -0.2) is 21.1 Å². The predicted octanol–water partition coefficient (Wildman–Crippen LogP) is 4.75. The van der Waals surface area contributed by atoms with Crippen molar-refractivity contribution in [2.24, 2.45) is 0 Å². The highest BCUT2D eigenvalue weighted by atomic mass is 35.5. The topological polar surface area (TPSA) is 108 Å². The van der Waals surface area contributed by atoms with Crippen LogP contribution >= 0.6 is 11.6 Å². The predicted molar refractivity (Wildman–Crippen MR) is 101 cm³/mol. The Kier molecular flexibility index (Phi) is 5.99. The summed E-state index contributed by atoms with van der Waals surface area (Å²) in [6.07, 6.45) is 1.37. The molecule has 0 aliphatic heterocycles. The van der Waals surface area contributed by atoms with Gasteiger partial charge in [0.05, 0.1) is 9.95 Å². The number of nitro benzene ring substituents is 1. The van der Waals surface area contributed by atoms with Crippen molar-refractivity contribution in [3.63, 3.8) is 0 Å². The minimum Gasteiger partial charge on any atom is -0.449 e. The van der Waals surface area contributed by atoms with E-state index in [9.17, 15) is 19.3 Å². The molecule has 0 N–H and O–H groups in total. The number of esters is 1. The average molecular weight is 418 g/mol. The van der Waals surface area contributed by atoms with E-state index in [0.29, 0.717) is 5.56 Å². The van der Waals surface area contributed by atoms with Crippen LogP contribution in [0.15, 0.2) is 53.0 Å². The van der Waals surface area contributed by atoms with E-state index in [-0.39, 0.29) is 28.1 Å². The fraction of sp³-hybridized carbons (Fsp3) is 0.105. The molecule has 0 amide bonds. The third-order valence-corrected chi connectivity index (χ3v) is 4.12. The minimum absolute atomic E-state index is 0.0315. The quantitative estimate of drug-likeness (QED) is 0.246. The molecule has 0 bridgehead atoms. The van der Waals surface area contributed by atoms with Crippen molar-refractivity contribution in [1.82, 2.24) is 10.2 Å². The zero-order valence-electron chi connectivity index (χ0n) is 14.9. The summed E-state index contributed by atoms with van der Waals surface area (Å²) in [4.78, 5) is 22.1. The van der Waals surface area contributed by atoms with Gasteiger partial charge in [-0.05, 0) is 37.3 Å². The van der Waals surface area contributed by atoms with Crippen LogP contribution in [0.25, 0.3) is 17.5 Å². The van der Waals surface area contributed by atoms with Gasteiger partial charge in [0, 0.05) is 29.3 Å². The van der Waals surface area contributed by atoms with Gasteiger partial charge in [0.2, 0.25) is 5.89 Å². The van der Waals surface area contributed by atoms with Crippen LogP contribution in [0.5, 0.6) is 0 Å².